The molecule has 0 aliphatic carbocycles. The largest absolute Gasteiger partial charge is 0.399 e. The summed E-state index contributed by atoms with van der Waals surface area (Å²) in [5.74, 6) is 6.10. The molecular formula is C20H21N3O. The summed E-state index contributed by atoms with van der Waals surface area (Å²) in [6.07, 6.45) is 1.82. The van der Waals surface area contributed by atoms with Crippen molar-refractivity contribution >= 4 is 17.3 Å². The number of nitrogens with two attached hydrogens (primary N) is 2. The van der Waals surface area contributed by atoms with Gasteiger partial charge in [-0.25, -0.2) is 0 Å². The molecule has 122 valence electrons. The Balaban J connectivity index is 1.78. The molecule has 2 aromatic carbocycles. The third kappa shape index (κ3) is 3.36. The van der Waals surface area contributed by atoms with Crippen LogP contribution >= 0.6 is 0 Å². The fourth-order valence-corrected chi connectivity index (χ4v) is 3.07. The molecule has 4 nitrogen and oxygen atoms in total. The normalized spacial score (nSPS) is 16.5. The number of carbonyl (C=O) groups is 1. The second-order valence-electron chi connectivity index (χ2n) is 6.13. The Hall–Kier alpha value is -2.93. The van der Waals surface area contributed by atoms with Gasteiger partial charge in [-0.2, -0.15) is 0 Å². The third-order valence-corrected chi connectivity index (χ3v) is 4.37. The van der Waals surface area contributed by atoms with Gasteiger partial charge in [0.05, 0.1) is 0 Å². The van der Waals surface area contributed by atoms with Crippen LogP contribution in [0.25, 0.3) is 0 Å². The van der Waals surface area contributed by atoms with E-state index < -0.39 is 0 Å². The highest BCUT2D eigenvalue weighted by Gasteiger charge is 2.28. The molecular weight excluding hydrogens is 298 g/mol. The van der Waals surface area contributed by atoms with E-state index in [9.17, 15) is 4.79 Å². The van der Waals surface area contributed by atoms with Crippen molar-refractivity contribution in [1.29, 1.82) is 0 Å². The molecule has 4 heteroatoms. The lowest BCUT2D eigenvalue weighted by Crippen LogP contribution is -2.40. The number of hydrogen-bond donors (Lipinski definition) is 2. The van der Waals surface area contributed by atoms with E-state index in [2.05, 4.69) is 16.7 Å². The standard InChI is InChI=1S/C20H21N3O/c1-14-13-17(21)9-8-16(14)7-4-15-5-10-18(11-6-15)23-12-2-3-19(23)20(22)24/h5-6,8-11,13,19H,2-3,12,21H2,1H3,(H2,22,24)/t19-/m1/s1. The van der Waals surface area contributed by atoms with Gasteiger partial charge in [-0.15, -0.1) is 0 Å². The second kappa shape index (κ2) is 6.67. The first-order valence-corrected chi connectivity index (χ1v) is 8.09. The van der Waals surface area contributed by atoms with Gasteiger partial charge in [-0.1, -0.05) is 11.8 Å². The van der Waals surface area contributed by atoms with Gasteiger partial charge in [0, 0.05) is 29.0 Å². The molecule has 1 amide bonds. The van der Waals surface area contributed by atoms with Crippen LogP contribution in [0.5, 0.6) is 0 Å². The number of nitrogens with zero attached hydrogens (tertiary/aromatic N) is 1. The Morgan fingerprint density at radius 2 is 1.92 bits per heavy atom. The molecule has 0 unspecified atom stereocenters. The van der Waals surface area contributed by atoms with E-state index in [1.807, 2.05) is 49.4 Å². The second-order valence-corrected chi connectivity index (χ2v) is 6.13. The molecule has 0 spiro atoms. The molecule has 0 bridgehead atoms. The lowest BCUT2D eigenvalue weighted by Gasteiger charge is -2.24. The smallest absolute Gasteiger partial charge is 0.240 e. The van der Waals surface area contributed by atoms with Crippen LogP contribution in [0.3, 0.4) is 0 Å². The van der Waals surface area contributed by atoms with E-state index in [-0.39, 0.29) is 11.9 Å². The van der Waals surface area contributed by atoms with E-state index in [0.29, 0.717) is 0 Å². The maximum Gasteiger partial charge on any atom is 0.240 e. The molecule has 1 aliphatic heterocycles. The Morgan fingerprint density at radius 3 is 2.58 bits per heavy atom. The van der Waals surface area contributed by atoms with Gasteiger partial charge in [-0.3, -0.25) is 4.79 Å². The van der Waals surface area contributed by atoms with Gasteiger partial charge in [-0.05, 0) is 67.8 Å². The molecule has 1 fully saturated rings. The molecule has 2 aromatic rings. The van der Waals surface area contributed by atoms with E-state index in [1.165, 1.54) is 0 Å². The van der Waals surface area contributed by atoms with Crippen molar-refractivity contribution in [2.24, 2.45) is 5.73 Å². The molecule has 3 rings (SSSR count). The van der Waals surface area contributed by atoms with E-state index in [1.54, 1.807) is 0 Å². The number of amides is 1. The Bertz CT molecular complexity index is 815. The summed E-state index contributed by atoms with van der Waals surface area (Å²) in [6.45, 7) is 2.87. The first-order chi connectivity index (χ1) is 11.5. The molecule has 1 atom stereocenters. The van der Waals surface area contributed by atoms with Gasteiger partial charge in [0.25, 0.3) is 0 Å². The predicted molar refractivity (Wildman–Crippen MR) is 97.6 cm³/mol. The zero-order valence-corrected chi connectivity index (χ0v) is 13.8. The van der Waals surface area contributed by atoms with Crippen molar-refractivity contribution in [3.63, 3.8) is 0 Å². The third-order valence-electron chi connectivity index (χ3n) is 4.37. The summed E-state index contributed by atoms with van der Waals surface area (Å²) in [6, 6.07) is 13.5. The number of rotatable bonds is 2. The lowest BCUT2D eigenvalue weighted by molar-refractivity contribution is -0.119. The van der Waals surface area contributed by atoms with Gasteiger partial charge >= 0.3 is 0 Å². The van der Waals surface area contributed by atoms with Gasteiger partial charge in [0.1, 0.15) is 6.04 Å². The van der Waals surface area contributed by atoms with E-state index >= 15 is 0 Å². The molecule has 0 aromatic heterocycles. The van der Waals surface area contributed by atoms with Crippen LogP contribution in [-0.2, 0) is 4.79 Å². The van der Waals surface area contributed by atoms with Crippen molar-refractivity contribution in [3.05, 3.63) is 59.2 Å². The number of carbonyl (C=O) groups excluding carboxylic acids is 1. The number of hydrogen-bond acceptors (Lipinski definition) is 3. The maximum atomic E-state index is 11.5. The lowest BCUT2D eigenvalue weighted by atomic mass is 10.1. The first kappa shape index (κ1) is 15.9. The minimum absolute atomic E-state index is 0.195. The van der Waals surface area contributed by atoms with Crippen LogP contribution in [0.2, 0.25) is 0 Å². The molecule has 24 heavy (non-hydrogen) atoms. The molecule has 0 saturated carbocycles. The van der Waals surface area contributed by atoms with Crippen LogP contribution in [0.1, 0.15) is 29.5 Å². The van der Waals surface area contributed by atoms with Crippen molar-refractivity contribution in [3.8, 4) is 11.8 Å². The van der Waals surface area contributed by atoms with Crippen LogP contribution < -0.4 is 16.4 Å². The van der Waals surface area contributed by atoms with Gasteiger partial charge < -0.3 is 16.4 Å². The first-order valence-electron chi connectivity index (χ1n) is 8.09. The topological polar surface area (TPSA) is 72.3 Å². The van der Waals surface area contributed by atoms with Crippen molar-refractivity contribution in [2.45, 2.75) is 25.8 Å². The molecule has 1 aliphatic rings. The summed E-state index contributed by atoms with van der Waals surface area (Å²) >= 11 is 0. The van der Waals surface area contributed by atoms with Gasteiger partial charge in [0.2, 0.25) is 5.91 Å². The van der Waals surface area contributed by atoms with Crippen molar-refractivity contribution in [2.75, 3.05) is 17.2 Å². The quantitative estimate of drug-likeness (QED) is 0.659. The number of primary amides is 1. The zero-order valence-electron chi connectivity index (χ0n) is 13.8. The number of benzene rings is 2. The zero-order chi connectivity index (χ0) is 17.1. The van der Waals surface area contributed by atoms with Crippen LogP contribution in [0, 0.1) is 18.8 Å². The highest BCUT2D eigenvalue weighted by Crippen LogP contribution is 2.25. The summed E-state index contributed by atoms with van der Waals surface area (Å²) in [7, 11) is 0. The fourth-order valence-electron chi connectivity index (χ4n) is 3.07. The van der Waals surface area contributed by atoms with Crippen LogP contribution in [0.15, 0.2) is 42.5 Å². The van der Waals surface area contributed by atoms with E-state index in [4.69, 9.17) is 11.5 Å². The summed E-state index contributed by atoms with van der Waals surface area (Å²) in [4.78, 5) is 13.6. The van der Waals surface area contributed by atoms with Crippen LogP contribution in [0.4, 0.5) is 11.4 Å². The van der Waals surface area contributed by atoms with Crippen LogP contribution in [-0.4, -0.2) is 18.5 Å². The number of nitrogen functional groups attached to an aromatic ring is 1. The minimum atomic E-state index is -0.254. The minimum Gasteiger partial charge on any atom is -0.399 e. The predicted octanol–water partition coefficient (Wildman–Crippen LogP) is 2.43. The maximum absolute atomic E-state index is 11.5. The number of anilines is 2. The Kier molecular flexibility index (Phi) is 4.43. The van der Waals surface area contributed by atoms with Crippen molar-refractivity contribution in [1.82, 2.24) is 0 Å². The van der Waals surface area contributed by atoms with E-state index in [0.717, 1.165) is 47.5 Å². The average molecular weight is 319 g/mol. The monoisotopic (exact) mass is 319 g/mol. The summed E-state index contributed by atoms with van der Waals surface area (Å²) < 4.78 is 0. The Morgan fingerprint density at radius 1 is 1.17 bits per heavy atom. The molecule has 1 saturated heterocycles. The summed E-state index contributed by atoms with van der Waals surface area (Å²) in [5.41, 5.74) is 16.0. The molecule has 0 radical (unpaired) electrons. The SMILES string of the molecule is Cc1cc(N)ccc1C#Cc1ccc(N2CCC[C@@H]2C(N)=O)cc1. The average Bonchev–Trinajstić information content (AvgIpc) is 3.04. The Labute approximate surface area is 142 Å². The molecule has 1 heterocycles. The highest BCUT2D eigenvalue weighted by molar-refractivity contribution is 5.84. The molecule has 4 N–H and O–H groups in total. The fraction of sp³-hybridized carbons (Fsp3) is 0.250. The summed E-state index contributed by atoms with van der Waals surface area (Å²) in [5, 5.41) is 0. The van der Waals surface area contributed by atoms with Crippen molar-refractivity contribution < 1.29 is 4.79 Å². The van der Waals surface area contributed by atoms with Gasteiger partial charge in [0.15, 0.2) is 0 Å². The highest BCUT2D eigenvalue weighted by atomic mass is 16.1. The number of aryl methyl sites for hydroxylation is 1.